The molecule has 0 aliphatic rings. The van der Waals surface area contributed by atoms with Gasteiger partial charge in [0, 0.05) is 11.6 Å². The fourth-order valence-corrected chi connectivity index (χ4v) is 1.01. The average molecular weight is 190 g/mol. The molecule has 0 unspecified atom stereocenters. The second-order valence-corrected chi connectivity index (χ2v) is 2.89. The van der Waals surface area contributed by atoms with Crippen molar-refractivity contribution in [2.24, 2.45) is 0 Å². The highest BCUT2D eigenvalue weighted by atomic mass is 35.5. The SMILES string of the molecule is ClCNCc1ccc(Cl)cc1. The zero-order valence-electron chi connectivity index (χ0n) is 5.98. The molecular weight excluding hydrogens is 181 g/mol. The molecule has 0 amide bonds. The summed E-state index contributed by atoms with van der Waals surface area (Å²) >= 11 is 11.1. The quantitative estimate of drug-likeness (QED) is 0.570. The van der Waals surface area contributed by atoms with Gasteiger partial charge in [0.1, 0.15) is 0 Å². The fraction of sp³-hybridized carbons (Fsp3) is 0.250. The van der Waals surface area contributed by atoms with Crippen LogP contribution >= 0.6 is 23.2 Å². The van der Waals surface area contributed by atoms with Crippen molar-refractivity contribution in [1.29, 1.82) is 0 Å². The Hall–Kier alpha value is -0.240. The number of hydrogen-bond acceptors (Lipinski definition) is 1. The third kappa shape index (κ3) is 3.10. The van der Waals surface area contributed by atoms with Crippen molar-refractivity contribution < 1.29 is 0 Å². The Morgan fingerprint density at radius 2 is 1.82 bits per heavy atom. The molecule has 0 saturated heterocycles. The molecule has 1 aromatic carbocycles. The second kappa shape index (κ2) is 4.60. The predicted octanol–water partition coefficient (Wildman–Crippen LogP) is 2.63. The lowest BCUT2D eigenvalue weighted by molar-refractivity contribution is 0.791. The van der Waals surface area contributed by atoms with E-state index in [4.69, 9.17) is 23.2 Å². The topological polar surface area (TPSA) is 12.0 Å². The van der Waals surface area contributed by atoms with Gasteiger partial charge in [-0.3, -0.25) is 5.32 Å². The van der Waals surface area contributed by atoms with Gasteiger partial charge in [-0.05, 0) is 17.7 Å². The first-order valence-corrected chi connectivity index (χ1v) is 4.25. The summed E-state index contributed by atoms with van der Waals surface area (Å²) < 4.78 is 0. The standard InChI is InChI=1S/C8H9Cl2N/c9-6-11-5-7-1-3-8(10)4-2-7/h1-4,11H,5-6H2. The van der Waals surface area contributed by atoms with Gasteiger partial charge in [-0.1, -0.05) is 23.7 Å². The zero-order chi connectivity index (χ0) is 8.10. The Morgan fingerprint density at radius 3 is 2.36 bits per heavy atom. The van der Waals surface area contributed by atoms with Crippen molar-refractivity contribution in [2.45, 2.75) is 6.54 Å². The van der Waals surface area contributed by atoms with Gasteiger partial charge in [0.25, 0.3) is 0 Å². The van der Waals surface area contributed by atoms with Crippen molar-refractivity contribution in [3.8, 4) is 0 Å². The summed E-state index contributed by atoms with van der Waals surface area (Å²) in [6.07, 6.45) is 0. The van der Waals surface area contributed by atoms with E-state index in [0.29, 0.717) is 6.00 Å². The van der Waals surface area contributed by atoms with Crippen LogP contribution in [0.25, 0.3) is 0 Å². The summed E-state index contributed by atoms with van der Waals surface area (Å²) in [5.74, 6) is 0. The largest absolute Gasteiger partial charge is 0.300 e. The first-order valence-electron chi connectivity index (χ1n) is 3.34. The first-order chi connectivity index (χ1) is 5.33. The molecule has 0 radical (unpaired) electrons. The smallest absolute Gasteiger partial charge is 0.0716 e. The van der Waals surface area contributed by atoms with Crippen molar-refractivity contribution >= 4 is 23.2 Å². The minimum atomic E-state index is 0.475. The molecule has 3 heteroatoms. The maximum atomic E-state index is 5.70. The lowest BCUT2D eigenvalue weighted by atomic mass is 10.2. The van der Waals surface area contributed by atoms with Crippen molar-refractivity contribution in [1.82, 2.24) is 5.32 Å². The van der Waals surface area contributed by atoms with E-state index in [1.807, 2.05) is 24.3 Å². The van der Waals surface area contributed by atoms with Gasteiger partial charge >= 0.3 is 0 Å². The molecule has 1 nitrogen and oxygen atoms in total. The summed E-state index contributed by atoms with van der Waals surface area (Å²) in [6.45, 7) is 0.792. The van der Waals surface area contributed by atoms with Crippen molar-refractivity contribution in [3.05, 3.63) is 34.9 Å². The van der Waals surface area contributed by atoms with Crippen LogP contribution in [0.3, 0.4) is 0 Å². The molecule has 1 aromatic rings. The summed E-state index contributed by atoms with van der Waals surface area (Å²) in [6, 6.07) is 8.16. The Kier molecular flexibility index (Phi) is 3.70. The molecule has 0 fully saturated rings. The molecule has 0 atom stereocenters. The Bertz CT molecular complexity index is 208. The highest BCUT2D eigenvalue weighted by Crippen LogP contribution is 2.08. The average Bonchev–Trinajstić information content (AvgIpc) is 2.04. The number of nitrogens with one attached hydrogen (secondary N) is 1. The molecule has 0 saturated carbocycles. The maximum absolute atomic E-state index is 5.70. The Balaban J connectivity index is 2.52. The lowest BCUT2D eigenvalue weighted by Gasteiger charge is -1.99. The number of hydrogen-bond donors (Lipinski definition) is 1. The van der Waals surface area contributed by atoms with Gasteiger partial charge in [0.2, 0.25) is 0 Å². The third-order valence-corrected chi connectivity index (χ3v) is 1.78. The Labute approximate surface area is 76.3 Å². The fourth-order valence-electron chi connectivity index (χ4n) is 0.794. The maximum Gasteiger partial charge on any atom is 0.0716 e. The molecular formula is C8H9Cl2N. The number of rotatable bonds is 3. The van der Waals surface area contributed by atoms with E-state index in [1.54, 1.807) is 0 Å². The van der Waals surface area contributed by atoms with E-state index in [9.17, 15) is 0 Å². The van der Waals surface area contributed by atoms with Gasteiger partial charge in [-0.15, -0.1) is 11.6 Å². The molecule has 0 aliphatic heterocycles. The van der Waals surface area contributed by atoms with E-state index < -0.39 is 0 Å². The molecule has 1 N–H and O–H groups in total. The summed E-state index contributed by atoms with van der Waals surface area (Å²) in [5, 5.41) is 3.77. The van der Waals surface area contributed by atoms with Gasteiger partial charge in [-0.2, -0.15) is 0 Å². The van der Waals surface area contributed by atoms with Crippen LogP contribution in [0.15, 0.2) is 24.3 Å². The molecule has 11 heavy (non-hydrogen) atoms. The van der Waals surface area contributed by atoms with Crippen molar-refractivity contribution in [2.75, 3.05) is 6.00 Å². The summed E-state index contributed by atoms with van der Waals surface area (Å²) in [4.78, 5) is 0. The van der Waals surface area contributed by atoms with Gasteiger partial charge in [-0.25, -0.2) is 0 Å². The zero-order valence-corrected chi connectivity index (χ0v) is 7.49. The molecule has 60 valence electrons. The van der Waals surface area contributed by atoms with Crippen LogP contribution in [0.1, 0.15) is 5.56 Å². The summed E-state index contributed by atoms with van der Waals surface area (Å²) in [7, 11) is 0. The first kappa shape index (κ1) is 8.85. The minimum absolute atomic E-state index is 0.475. The molecule has 0 bridgehead atoms. The van der Waals surface area contributed by atoms with E-state index in [-0.39, 0.29) is 0 Å². The molecule has 0 aromatic heterocycles. The van der Waals surface area contributed by atoms with E-state index in [2.05, 4.69) is 5.32 Å². The lowest BCUT2D eigenvalue weighted by Crippen LogP contribution is -2.09. The van der Waals surface area contributed by atoms with Crippen LogP contribution in [-0.4, -0.2) is 6.00 Å². The molecule has 0 spiro atoms. The third-order valence-electron chi connectivity index (χ3n) is 1.34. The van der Waals surface area contributed by atoms with E-state index >= 15 is 0 Å². The highest BCUT2D eigenvalue weighted by molar-refractivity contribution is 6.30. The van der Waals surface area contributed by atoms with Crippen LogP contribution in [-0.2, 0) is 6.54 Å². The van der Waals surface area contributed by atoms with Crippen LogP contribution in [0.5, 0.6) is 0 Å². The Morgan fingerprint density at radius 1 is 1.18 bits per heavy atom. The number of halogens is 2. The number of alkyl halides is 1. The second-order valence-electron chi connectivity index (χ2n) is 2.19. The van der Waals surface area contributed by atoms with Gasteiger partial charge in [0.15, 0.2) is 0 Å². The predicted molar refractivity (Wildman–Crippen MR) is 49.0 cm³/mol. The summed E-state index contributed by atoms with van der Waals surface area (Å²) in [5.41, 5.74) is 1.19. The molecule has 1 rings (SSSR count). The highest BCUT2D eigenvalue weighted by Gasteiger charge is 1.90. The molecule has 0 heterocycles. The minimum Gasteiger partial charge on any atom is -0.300 e. The van der Waals surface area contributed by atoms with Gasteiger partial charge in [0.05, 0.1) is 6.00 Å². The van der Waals surface area contributed by atoms with Crippen LogP contribution < -0.4 is 5.32 Å². The van der Waals surface area contributed by atoms with Gasteiger partial charge < -0.3 is 0 Å². The molecule has 0 aliphatic carbocycles. The number of benzene rings is 1. The van der Waals surface area contributed by atoms with Crippen LogP contribution in [0, 0.1) is 0 Å². The van der Waals surface area contributed by atoms with Crippen molar-refractivity contribution in [3.63, 3.8) is 0 Å². The van der Waals surface area contributed by atoms with E-state index in [0.717, 1.165) is 11.6 Å². The van der Waals surface area contributed by atoms with Crippen LogP contribution in [0.2, 0.25) is 5.02 Å². The monoisotopic (exact) mass is 189 g/mol. The van der Waals surface area contributed by atoms with Crippen LogP contribution in [0.4, 0.5) is 0 Å². The normalized spacial score (nSPS) is 10.0. The van der Waals surface area contributed by atoms with E-state index in [1.165, 1.54) is 5.56 Å².